The molecule has 74 valence electrons. The molecule has 0 aliphatic heterocycles. The monoisotopic (exact) mass is 186 g/mol. The maximum Gasteiger partial charge on any atom is -0.00947 e. The van der Waals surface area contributed by atoms with E-state index in [0.717, 1.165) is 19.3 Å². The van der Waals surface area contributed by atoms with Crippen molar-refractivity contribution in [2.24, 2.45) is 0 Å². The topological polar surface area (TPSA) is 0 Å². The minimum atomic E-state index is 1.04. The van der Waals surface area contributed by atoms with Crippen LogP contribution in [0.1, 0.15) is 26.2 Å². The van der Waals surface area contributed by atoms with Crippen molar-refractivity contribution in [3.05, 3.63) is 60.3 Å². The molecule has 14 heavy (non-hydrogen) atoms. The summed E-state index contributed by atoms with van der Waals surface area (Å²) in [4.78, 5) is 0. The quantitative estimate of drug-likeness (QED) is 0.575. The zero-order valence-electron chi connectivity index (χ0n) is 8.87. The Morgan fingerprint density at radius 2 is 2.21 bits per heavy atom. The van der Waals surface area contributed by atoms with Gasteiger partial charge in [-0.1, -0.05) is 56.0 Å². The van der Waals surface area contributed by atoms with Crippen molar-refractivity contribution in [1.82, 2.24) is 0 Å². The predicted octanol–water partition coefficient (Wildman–Crippen LogP) is 4.34. The van der Waals surface area contributed by atoms with Crippen LogP contribution in [0.4, 0.5) is 0 Å². The second kappa shape index (κ2) is 6.20. The average Bonchev–Trinajstić information content (AvgIpc) is 2.15. The molecule has 0 radical (unpaired) electrons. The van der Waals surface area contributed by atoms with Gasteiger partial charge in [-0.05, 0) is 30.4 Å². The Morgan fingerprint density at radius 3 is 2.93 bits per heavy atom. The van der Waals surface area contributed by atoms with Gasteiger partial charge in [0.15, 0.2) is 0 Å². The van der Waals surface area contributed by atoms with Crippen molar-refractivity contribution in [2.45, 2.75) is 26.2 Å². The Bertz CT molecular complexity index is 298. The van der Waals surface area contributed by atoms with Gasteiger partial charge in [-0.3, -0.25) is 0 Å². The summed E-state index contributed by atoms with van der Waals surface area (Å²) < 4.78 is 0. The Balaban J connectivity index is 2.83. The summed E-state index contributed by atoms with van der Waals surface area (Å²) in [6, 6.07) is 0. The van der Waals surface area contributed by atoms with Gasteiger partial charge in [0.2, 0.25) is 0 Å². The Morgan fingerprint density at radius 1 is 1.43 bits per heavy atom. The summed E-state index contributed by atoms with van der Waals surface area (Å²) in [5.74, 6) is 0. The van der Waals surface area contributed by atoms with Crippen LogP contribution in [-0.4, -0.2) is 0 Å². The molecule has 0 saturated carbocycles. The van der Waals surface area contributed by atoms with Crippen LogP contribution in [0, 0.1) is 0 Å². The van der Waals surface area contributed by atoms with Crippen LogP contribution < -0.4 is 0 Å². The first-order valence-electron chi connectivity index (χ1n) is 5.21. The van der Waals surface area contributed by atoms with Crippen LogP contribution in [0.2, 0.25) is 0 Å². The summed E-state index contributed by atoms with van der Waals surface area (Å²) in [6.45, 7) is 5.94. The van der Waals surface area contributed by atoms with Gasteiger partial charge in [0, 0.05) is 0 Å². The van der Waals surface area contributed by atoms with Crippen molar-refractivity contribution in [1.29, 1.82) is 0 Å². The van der Waals surface area contributed by atoms with Crippen LogP contribution in [0.15, 0.2) is 60.3 Å². The first kappa shape index (κ1) is 10.8. The minimum absolute atomic E-state index is 1.04. The summed E-state index contributed by atoms with van der Waals surface area (Å²) >= 11 is 0. The Kier molecular flexibility index (Phi) is 4.77. The van der Waals surface area contributed by atoms with Gasteiger partial charge in [-0.15, -0.1) is 0 Å². The first-order chi connectivity index (χ1) is 6.88. The van der Waals surface area contributed by atoms with E-state index in [9.17, 15) is 0 Å². The van der Waals surface area contributed by atoms with Crippen molar-refractivity contribution >= 4 is 0 Å². The van der Waals surface area contributed by atoms with Gasteiger partial charge in [0.25, 0.3) is 0 Å². The van der Waals surface area contributed by atoms with E-state index in [2.05, 4.69) is 50.0 Å². The molecule has 0 bridgehead atoms. The van der Waals surface area contributed by atoms with Crippen LogP contribution >= 0.6 is 0 Å². The van der Waals surface area contributed by atoms with Crippen molar-refractivity contribution in [3.63, 3.8) is 0 Å². The van der Waals surface area contributed by atoms with E-state index in [1.54, 1.807) is 0 Å². The molecule has 1 aliphatic rings. The Hall–Kier alpha value is -1.30. The molecule has 0 nitrogen and oxygen atoms in total. The van der Waals surface area contributed by atoms with Crippen molar-refractivity contribution in [3.8, 4) is 0 Å². The molecular formula is C14H18. The van der Waals surface area contributed by atoms with Gasteiger partial charge in [0.1, 0.15) is 0 Å². The second-order valence-electron chi connectivity index (χ2n) is 3.31. The lowest BCUT2D eigenvalue weighted by molar-refractivity contribution is 1.05. The van der Waals surface area contributed by atoms with E-state index in [1.807, 2.05) is 6.08 Å². The van der Waals surface area contributed by atoms with E-state index in [4.69, 9.17) is 0 Å². The largest absolute Gasteiger partial charge is 0.0991 e. The zero-order chi connectivity index (χ0) is 10.2. The SMILES string of the molecule is C=C/C=C(CC)/C1=C/C/C=C\C=C/C1. The van der Waals surface area contributed by atoms with E-state index in [-0.39, 0.29) is 0 Å². The average molecular weight is 186 g/mol. The minimum Gasteiger partial charge on any atom is -0.0991 e. The fourth-order valence-corrected chi connectivity index (χ4v) is 1.58. The molecular weight excluding hydrogens is 168 g/mol. The maximum atomic E-state index is 3.75. The van der Waals surface area contributed by atoms with Gasteiger partial charge in [0.05, 0.1) is 0 Å². The summed E-state index contributed by atoms with van der Waals surface area (Å²) in [6.07, 6.45) is 18.1. The van der Waals surface area contributed by atoms with Crippen LogP contribution in [0.25, 0.3) is 0 Å². The Labute approximate surface area is 87.0 Å². The highest BCUT2D eigenvalue weighted by Crippen LogP contribution is 2.20. The fourth-order valence-electron chi connectivity index (χ4n) is 1.58. The highest BCUT2D eigenvalue weighted by molar-refractivity contribution is 5.36. The lowest BCUT2D eigenvalue weighted by Crippen LogP contribution is -1.88. The molecule has 1 aliphatic carbocycles. The van der Waals surface area contributed by atoms with E-state index >= 15 is 0 Å². The normalized spacial score (nSPS) is 25.5. The third-order valence-corrected chi connectivity index (χ3v) is 2.33. The molecule has 0 aromatic carbocycles. The molecule has 0 unspecified atom stereocenters. The van der Waals surface area contributed by atoms with E-state index in [0.29, 0.717) is 0 Å². The highest BCUT2D eigenvalue weighted by Gasteiger charge is 2.00. The third kappa shape index (κ3) is 3.21. The summed E-state index contributed by atoms with van der Waals surface area (Å²) in [5.41, 5.74) is 2.84. The lowest BCUT2D eigenvalue weighted by Gasteiger charge is -2.08. The molecule has 0 heterocycles. The van der Waals surface area contributed by atoms with Crippen molar-refractivity contribution < 1.29 is 0 Å². The van der Waals surface area contributed by atoms with Crippen LogP contribution in [0.5, 0.6) is 0 Å². The van der Waals surface area contributed by atoms with Crippen LogP contribution in [-0.2, 0) is 0 Å². The zero-order valence-corrected chi connectivity index (χ0v) is 8.87. The molecule has 0 fully saturated rings. The van der Waals surface area contributed by atoms with Gasteiger partial charge < -0.3 is 0 Å². The molecule has 0 aromatic heterocycles. The molecule has 0 heteroatoms. The smallest absolute Gasteiger partial charge is 0.00947 e. The number of rotatable bonds is 3. The second-order valence-corrected chi connectivity index (χ2v) is 3.31. The predicted molar refractivity (Wildman–Crippen MR) is 64.2 cm³/mol. The maximum absolute atomic E-state index is 3.75. The standard InChI is InChI=1S/C14H18/c1-3-10-13(4-2)14-11-8-6-5-7-9-12-14/h3,5-8,10,12H,1,4,9,11H2,2H3/b7-5-,8-6-,13-10+,14-12+. The lowest BCUT2D eigenvalue weighted by atomic mass is 9.97. The molecule has 0 saturated heterocycles. The number of hydrogen-bond donors (Lipinski definition) is 0. The van der Waals surface area contributed by atoms with E-state index < -0.39 is 0 Å². The number of hydrogen-bond acceptors (Lipinski definition) is 0. The molecule has 1 rings (SSSR count). The highest BCUT2D eigenvalue weighted by atomic mass is 14.1. The van der Waals surface area contributed by atoms with Crippen LogP contribution in [0.3, 0.4) is 0 Å². The van der Waals surface area contributed by atoms with Gasteiger partial charge >= 0.3 is 0 Å². The van der Waals surface area contributed by atoms with E-state index in [1.165, 1.54) is 11.1 Å². The molecule has 0 amide bonds. The molecule has 0 atom stereocenters. The van der Waals surface area contributed by atoms with Gasteiger partial charge in [-0.25, -0.2) is 0 Å². The van der Waals surface area contributed by atoms with Gasteiger partial charge in [-0.2, -0.15) is 0 Å². The fraction of sp³-hybridized carbons (Fsp3) is 0.286. The van der Waals surface area contributed by atoms with Crippen molar-refractivity contribution in [2.75, 3.05) is 0 Å². The molecule has 0 aromatic rings. The summed E-state index contributed by atoms with van der Waals surface area (Å²) in [7, 11) is 0. The summed E-state index contributed by atoms with van der Waals surface area (Å²) in [5, 5.41) is 0. The number of allylic oxidation sites excluding steroid dienone is 9. The first-order valence-corrected chi connectivity index (χ1v) is 5.21. The molecule has 0 N–H and O–H groups in total. The molecule has 0 spiro atoms. The third-order valence-electron chi connectivity index (χ3n) is 2.33.